The molecule has 1 rings (SSSR count). The Morgan fingerprint density at radius 2 is 1.94 bits per heavy atom. The zero-order valence-electron chi connectivity index (χ0n) is 9.24. The van der Waals surface area contributed by atoms with Crippen LogP contribution in [0.1, 0.15) is 18.5 Å². The zero-order valence-corrected chi connectivity index (χ0v) is 9.24. The van der Waals surface area contributed by atoms with Crippen LogP contribution >= 0.6 is 0 Å². The molecule has 3 nitrogen and oxygen atoms in total. The van der Waals surface area contributed by atoms with Crippen molar-refractivity contribution >= 4 is 0 Å². The van der Waals surface area contributed by atoms with Crippen molar-refractivity contribution in [2.45, 2.75) is 19.4 Å². The molecule has 0 aromatic heterocycles. The lowest BCUT2D eigenvalue weighted by Gasteiger charge is -2.17. The fourth-order valence-corrected chi connectivity index (χ4v) is 1.43. The molecule has 2 N–H and O–H groups in total. The summed E-state index contributed by atoms with van der Waals surface area (Å²) in [6.07, 6.45) is -2.51. The SMILES string of the molecule is COc1cccc(OCC(F)F)c1[C@@H](C)N. The number of nitrogens with two attached hydrogens (primary N) is 1. The Hall–Kier alpha value is -1.36. The average molecular weight is 231 g/mol. The largest absolute Gasteiger partial charge is 0.496 e. The maximum atomic E-state index is 12.0. The maximum Gasteiger partial charge on any atom is 0.272 e. The maximum absolute atomic E-state index is 12.0. The molecule has 0 saturated heterocycles. The first-order valence-corrected chi connectivity index (χ1v) is 4.89. The molecule has 0 unspecified atom stereocenters. The summed E-state index contributed by atoms with van der Waals surface area (Å²) in [6.45, 7) is 1.10. The second-order valence-corrected chi connectivity index (χ2v) is 3.36. The first-order chi connectivity index (χ1) is 7.56. The standard InChI is InChI=1S/C11H15F2NO2/c1-7(14)11-8(15-2)4-3-5-9(11)16-6-10(12)13/h3-5,7,10H,6,14H2,1-2H3/t7-/m1/s1. The minimum absolute atomic E-state index is 0.342. The summed E-state index contributed by atoms with van der Waals surface area (Å²) in [4.78, 5) is 0. The minimum atomic E-state index is -2.51. The van der Waals surface area contributed by atoms with E-state index in [0.717, 1.165) is 0 Å². The van der Waals surface area contributed by atoms with Gasteiger partial charge in [-0.3, -0.25) is 0 Å². The fourth-order valence-electron chi connectivity index (χ4n) is 1.43. The summed E-state index contributed by atoms with van der Waals surface area (Å²) in [6, 6.07) is 4.65. The molecule has 5 heteroatoms. The van der Waals surface area contributed by atoms with Gasteiger partial charge in [0.15, 0.2) is 0 Å². The van der Waals surface area contributed by atoms with Gasteiger partial charge in [0.1, 0.15) is 18.1 Å². The molecule has 1 atom stereocenters. The van der Waals surface area contributed by atoms with Crippen LogP contribution < -0.4 is 15.2 Å². The van der Waals surface area contributed by atoms with Crippen molar-refractivity contribution in [3.63, 3.8) is 0 Å². The van der Waals surface area contributed by atoms with Crippen molar-refractivity contribution in [1.29, 1.82) is 0 Å². The van der Waals surface area contributed by atoms with Crippen molar-refractivity contribution in [3.05, 3.63) is 23.8 Å². The second-order valence-electron chi connectivity index (χ2n) is 3.36. The average Bonchev–Trinajstić information content (AvgIpc) is 2.25. The van der Waals surface area contributed by atoms with Crippen LogP contribution in [0, 0.1) is 0 Å². The van der Waals surface area contributed by atoms with Gasteiger partial charge in [0.05, 0.1) is 12.7 Å². The van der Waals surface area contributed by atoms with Crippen molar-refractivity contribution in [3.8, 4) is 11.5 Å². The third-order valence-corrected chi connectivity index (χ3v) is 2.07. The molecule has 0 aliphatic heterocycles. The Morgan fingerprint density at radius 3 is 2.44 bits per heavy atom. The summed E-state index contributed by atoms with van der Waals surface area (Å²) in [5.41, 5.74) is 6.35. The molecule has 0 bridgehead atoms. The molecule has 0 saturated carbocycles. The number of alkyl halides is 2. The number of methoxy groups -OCH3 is 1. The van der Waals surface area contributed by atoms with Crippen LogP contribution in [-0.2, 0) is 0 Å². The lowest BCUT2D eigenvalue weighted by Crippen LogP contribution is -2.13. The van der Waals surface area contributed by atoms with Gasteiger partial charge in [0.2, 0.25) is 0 Å². The third kappa shape index (κ3) is 3.06. The highest BCUT2D eigenvalue weighted by Gasteiger charge is 2.15. The Bertz CT molecular complexity index is 343. The first kappa shape index (κ1) is 12.7. The van der Waals surface area contributed by atoms with Crippen LogP contribution in [-0.4, -0.2) is 20.1 Å². The topological polar surface area (TPSA) is 44.5 Å². The van der Waals surface area contributed by atoms with Crippen molar-refractivity contribution in [2.75, 3.05) is 13.7 Å². The molecular weight excluding hydrogens is 216 g/mol. The predicted octanol–water partition coefficient (Wildman–Crippen LogP) is 2.36. The summed E-state index contributed by atoms with van der Waals surface area (Å²) < 4.78 is 34.2. The van der Waals surface area contributed by atoms with E-state index in [1.54, 1.807) is 25.1 Å². The van der Waals surface area contributed by atoms with E-state index >= 15 is 0 Å². The molecule has 1 aromatic rings. The molecule has 1 aromatic carbocycles. The summed E-state index contributed by atoms with van der Waals surface area (Å²) in [5, 5.41) is 0. The molecule has 90 valence electrons. The number of benzene rings is 1. The minimum Gasteiger partial charge on any atom is -0.496 e. The van der Waals surface area contributed by atoms with E-state index in [9.17, 15) is 8.78 Å². The van der Waals surface area contributed by atoms with Gasteiger partial charge in [-0.2, -0.15) is 0 Å². The predicted molar refractivity (Wildman–Crippen MR) is 57.1 cm³/mol. The van der Waals surface area contributed by atoms with Gasteiger partial charge < -0.3 is 15.2 Å². The van der Waals surface area contributed by atoms with Crippen LogP contribution in [0.15, 0.2) is 18.2 Å². The van der Waals surface area contributed by atoms with Crippen molar-refractivity contribution in [1.82, 2.24) is 0 Å². The molecule has 0 heterocycles. The Morgan fingerprint density at radius 1 is 1.31 bits per heavy atom. The summed E-state index contributed by atoms with van der Waals surface area (Å²) in [5.74, 6) is 0.886. The first-order valence-electron chi connectivity index (χ1n) is 4.89. The van der Waals surface area contributed by atoms with E-state index in [2.05, 4.69) is 0 Å². The fraction of sp³-hybridized carbons (Fsp3) is 0.455. The highest BCUT2D eigenvalue weighted by Crippen LogP contribution is 2.32. The smallest absolute Gasteiger partial charge is 0.272 e. The number of hydrogen-bond donors (Lipinski definition) is 1. The monoisotopic (exact) mass is 231 g/mol. The molecule has 0 aliphatic rings. The van der Waals surface area contributed by atoms with Crippen LogP contribution in [0.25, 0.3) is 0 Å². The van der Waals surface area contributed by atoms with Crippen molar-refractivity contribution < 1.29 is 18.3 Å². The van der Waals surface area contributed by atoms with E-state index in [1.165, 1.54) is 7.11 Å². The van der Waals surface area contributed by atoms with Crippen LogP contribution in [0.3, 0.4) is 0 Å². The van der Waals surface area contributed by atoms with E-state index in [-0.39, 0.29) is 6.04 Å². The lowest BCUT2D eigenvalue weighted by molar-refractivity contribution is 0.0811. The molecule has 0 spiro atoms. The Balaban J connectivity index is 2.97. The Kier molecular flexibility index (Phi) is 4.49. The molecule has 0 aliphatic carbocycles. The van der Waals surface area contributed by atoms with E-state index in [4.69, 9.17) is 15.2 Å². The number of halogens is 2. The molecular formula is C11H15F2NO2. The van der Waals surface area contributed by atoms with Gasteiger partial charge in [-0.05, 0) is 19.1 Å². The number of hydrogen-bond acceptors (Lipinski definition) is 3. The van der Waals surface area contributed by atoms with Gasteiger partial charge >= 0.3 is 0 Å². The van der Waals surface area contributed by atoms with Gasteiger partial charge in [-0.1, -0.05) is 6.07 Å². The number of rotatable bonds is 5. The molecule has 0 radical (unpaired) electrons. The van der Waals surface area contributed by atoms with E-state index < -0.39 is 13.0 Å². The molecule has 0 amide bonds. The number of ether oxygens (including phenoxy) is 2. The molecule has 0 fully saturated rings. The summed E-state index contributed by atoms with van der Waals surface area (Å²) >= 11 is 0. The lowest BCUT2D eigenvalue weighted by atomic mass is 10.1. The molecule has 16 heavy (non-hydrogen) atoms. The normalized spacial score (nSPS) is 12.6. The van der Waals surface area contributed by atoms with E-state index in [0.29, 0.717) is 17.1 Å². The highest BCUT2D eigenvalue weighted by molar-refractivity contribution is 5.46. The Labute approximate surface area is 93.2 Å². The second kappa shape index (κ2) is 5.65. The van der Waals surface area contributed by atoms with E-state index in [1.807, 2.05) is 0 Å². The summed E-state index contributed by atoms with van der Waals surface area (Å²) in [7, 11) is 1.50. The quantitative estimate of drug-likeness (QED) is 0.846. The zero-order chi connectivity index (χ0) is 12.1. The van der Waals surface area contributed by atoms with Gasteiger partial charge in [0.25, 0.3) is 6.43 Å². The van der Waals surface area contributed by atoms with Crippen LogP contribution in [0.2, 0.25) is 0 Å². The van der Waals surface area contributed by atoms with Gasteiger partial charge in [-0.25, -0.2) is 8.78 Å². The van der Waals surface area contributed by atoms with Gasteiger partial charge in [0, 0.05) is 6.04 Å². The van der Waals surface area contributed by atoms with Crippen LogP contribution in [0.5, 0.6) is 11.5 Å². The highest BCUT2D eigenvalue weighted by atomic mass is 19.3. The third-order valence-electron chi connectivity index (χ3n) is 2.07. The van der Waals surface area contributed by atoms with Crippen LogP contribution in [0.4, 0.5) is 8.78 Å². The van der Waals surface area contributed by atoms with Gasteiger partial charge in [-0.15, -0.1) is 0 Å². The van der Waals surface area contributed by atoms with Crippen molar-refractivity contribution in [2.24, 2.45) is 5.73 Å².